The van der Waals surface area contributed by atoms with Crippen LogP contribution < -0.4 is 5.32 Å². The average Bonchev–Trinajstić information content (AvgIpc) is 3.28. The van der Waals surface area contributed by atoms with Crippen molar-refractivity contribution in [3.05, 3.63) is 34.9 Å². The lowest BCUT2D eigenvalue weighted by Crippen LogP contribution is -2.62. The third-order valence-electron chi connectivity index (χ3n) is 5.66. The molecule has 0 aromatic heterocycles. The van der Waals surface area contributed by atoms with Gasteiger partial charge in [-0.15, -0.1) is 0 Å². The molecule has 1 saturated heterocycles. The van der Waals surface area contributed by atoms with Gasteiger partial charge in [0.15, 0.2) is 0 Å². The third-order valence-corrected chi connectivity index (χ3v) is 5.66. The minimum absolute atomic E-state index is 0.283. The molecular formula is C19H30N2. The molecule has 2 atom stereocenters. The number of aryl methyl sites for hydroxylation is 2. The predicted molar refractivity (Wildman–Crippen MR) is 89.5 cm³/mol. The molecule has 0 amide bonds. The summed E-state index contributed by atoms with van der Waals surface area (Å²) in [6.45, 7) is 12.6. The van der Waals surface area contributed by atoms with E-state index in [1.807, 2.05) is 0 Å². The van der Waals surface area contributed by atoms with Crippen LogP contribution in [-0.2, 0) is 6.54 Å². The van der Waals surface area contributed by atoms with Gasteiger partial charge in [0, 0.05) is 31.2 Å². The van der Waals surface area contributed by atoms with Crippen molar-refractivity contribution in [1.82, 2.24) is 10.2 Å². The number of nitrogens with one attached hydrogen (secondary N) is 1. The first-order valence-electron chi connectivity index (χ1n) is 8.56. The lowest BCUT2D eigenvalue weighted by molar-refractivity contribution is 0.0662. The first-order valence-corrected chi connectivity index (χ1v) is 8.56. The fraction of sp³-hybridized carbons (Fsp3) is 0.684. The van der Waals surface area contributed by atoms with Crippen molar-refractivity contribution in [2.24, 2.45) is 5.92 Å². The van der Waals surface area contributed by atoms with Gasteiger partial charge in [0.2, 0.25) is 0 Å². The van der Waals surface area contributed by atoms with E-state index in [9.17, 15) is 0 Å². The van der Waals surface area contributed by atoms with Crippen LogP contribution in [0, 0.1) is 19.8 Å². The Kier molecular flexibility index (Phi) is 4.11. The molecule has 2 unspecified atom stereocenters. The van der Waals surface area contributed by atoms with E-state index >= 15 is 0 Å². The summed E-state index contributed by atoms with van der Waals surface area (Å²) >= 11 is 0. The van der Waals surface area contributed by atoms with Crippen LogP contribution in [-0.4, -0.2) is 29.6 Å². The zero-order valence-corrected chi connectivity index (χ0v) is 14.1. The van der Waals surface area contributed by atoms with Crippen molar-refractivity contribution in [3.8, 4) is 0 Å². The monoisotopic (exact) mass is 286 g/mol. The van der Waals surface area contributed by atoms with Crippen LogP contribution in [0.2, 0.25) is 0 Å². The fourth-order valence-corrected chi connectivity index (χ4v) is 3.59. The van der Waals surface area contributed by atoms with E-state index in [1.54, 1.807) is 0 Å². The standard InChI is InChI=1S/C19H30N2/c1-5-19(4)13-21(18(11-20-19)17-8-9-17)12-16-7-6-14(2)15(3)10-16/h6-7,10,17-18,20H,5,8-9,11-13H2,1-4H3. The van der Waals surface area contributed by atoms with Crippen LogP contribution in [0.15, 0.2) is 18.2 Å². The van der Waals surface area contributed by atoms with E-state index in [0.717, 1.165) is 18.5 Å². The van der Waals surface area contributed by atoms with E-state index in [2.05, 4.69) is 56.1 Å². The van der Waals surface area contributed by atoms with Crippen molar-refractivity contribution in [2.45, 2.75) is 65.1 Å². The molecule has 0 bridgehead atoms. The largest absolute Gasteiger partial charge is 0.309 e. The SMILES string of the molecule is CCC1(C)CN(Cc2ccc(C)c(C)c2)C(C2CC2)CN1. The molecule has 21 heavy (non-hydrogen) atoms. The molecular weight excluding hydrogens is 256 g/mol. The van der Waals surface area contributed by atoms with Gasteiger partial charge in [0.25, 0.3) is 0 Å². The summed E-state index contributed by atoms with van der Waals surface area (Å²) in [7, 11) is 0. The summed E-state index contributed by atoms with van der Waals surface area (Å²) in [6.07, 6.45) is 4.06. The molecule has 1 N–H and O–H groups in total. The number of benzene rings is 1. The van der Waals surface area contributed by atoms with E-state index < -0.39 is 0 Å². The highest BCUT2D eigenvalue weighted by molar-refractivity contribution is 5.30. The molecule has 1 aromatic rings. The average molecular weight is 286 g/mol. The quantitative estimate of drug-likeness (QED) is 0.909. The molecule has 0 spiro atoms. The highest BCUT2D eigenvalue weighted by Gasteiger charge is 2.41. The summed E-state index contributed by atoms with van der Waals surface area (Å²) in [5.41, 5.74) is 4.58. The van der Waals surface area contributed by atoms with Gasteiger partial charge >= 0.3 is 0 Å². The van der Waals surface area contributed by atoms with Crippen molar-refractivity contribution in [1.29, 1.82) is 0 Å². The second-order valence-electron chi connectivity index (χ2n) is 7.52. The summed E-state index contributed by atoms with van der Waals surface area (Å²) in [6, 6.07) is 7.71. The Hall–Kier alpha value is -0.860. The topological polar surface area (TPSA) is 15.3 Å². The van der Waals surface area contributed by atoms with Gasteiger partial charge in [0.05, 0.1) is 0 Å². The van der Waals surface area contributed by atoms with E-state index in [-0.39, 0.29) is 5.54 Å². The lowest BCUT2D eigenvalue weighted by Gasteiger charge is -2.46. The van der Waals surface area contributed by atoms with Gasteiger partial charge in [0.1, 0.15) is 0 Å². The normalized spacial score (nSPS) is 30.6. The number of nitrogens with zero attached hydrogens (tertiary/aromatic N) is 1. The van der Waals surface area contributed by atoms with Gasteiger partial charge in [-0.2, -0.15) is 0 Å². The molecule has 0 radical (unpaired) electrons. The maximum Gasteiger partial charge on any atom is 0.0278 e. The molecule has 2 aliphatic rings. The summed E-state index contributed by atoms with van der Waals surface area (Å²) in [5.74, 6) is 0.936. The molecule has 1 heterocycles. The number of piperazine rings is 1. The minimum Gasteiger partial charge on any atom is -0.309 e. The van der Waals surface area contributed by atoms with Gasteiger partial charge in [-0.1, -0.05) is 25.1 Å². The maximum absolute atomic E-state index is 3.81. The highest BCUT2D eigenvalue weighted by Crippen LogP contribution is 2.38. The fourth-order valence-electron chi connectivity index (χ4n) is 3.59. The van der Waals surface area contributed by atoms with Gasteiger partial charge in [-0.25, -0.2) is 0 Å². The van der Waals surface area contributed by atoms with Crippen LogP contribution in [0.4, 0.5) is 0 Å². The molecule has 1 saturated carbocycles. The van der Waals surface area contributed by atoms with Gasteiger partial charge in [-0.05, 0) is 62.6 Å². The van der Waals surface area contributed by atoms with Crippen LogP contribution in [0.3, 0.4) is 0 Å². The molecule has 2 heteroatoms. The molecule has 1 aromatic carbocycles. The van der Waals surface area contributed by atoms with Crippen LogP contribution in [0.5, 0.6) is 0 Å². The van der Waals surface area contributed by atoms with Crippen LogP contribution in [0.25, 0.3) is 0 Å². The Bertz CT molecular complexity index is 506. The molecule has 3 rings (SSSR count). The minimum atomic E-state index is 0.283. The summed E-state index contributed by atoms with van der Waals surface area (Å²) in [5, 5.41) is 3.81. The second kappa shape index (κ2) is 5.73. The summed E-state index contributed by atoms with van der Waals surface area (Å²) in [4.78, 5) is 2.75. The second-order valence-corrected chi connectivity index (χ2v) is 7.52. The number of rotatable bonds is 4. The predicted octanol–water partition coefficient (Wildman–Crippen LogP) is 3.66. The third kappa shape index (κ3) is 3.32. The molecule has 1 aliphatic heterocycles. The zero-order valence-electron chi connectivity index (χ0n) is 14.1. The Balaban J connectivity index is 1.76. The lowest BCUT2D eigenvalue weighted by atomic mass is 9.91. The van der Waals surface area contributed by atoms with Crippen molar-refractivity contribution >= 4 is 0 Å². The molecule has 2 fully saturated rings. The van der Waals surface area contributed by atoms with Gasteiger partial charge in [-0.3, -0.25) is 4.90 Å². The van der Waals surface area contributed by atoms with Gasteiger partial charge < -0.3 is 5.32 Å². The summed E-state index contributed by atoms with van der Waals surface area (Å²) < 4.78 is 0. The molecule has 2 nitrogen and oxygen atoms in total. The van der Waals surface area contributed by atoms with E-state index in [1.165, 1.54) is 49.0 Å². The number of hydrogen-bond donors (Lipinski definition) is 1. The number of hydrogen-bond acceptors (Lipinski definition) is 2. The Morgan fingerprint density at radius 1 is 1.24 bits per heavy atom. The van der Waals surface area contributed by atoms with Crippen molar-refractivity contribution < 1.29 is 0 Å². The highest BCUT2D eigenvalue weighted by atomic mass is 15.3. The van der Waals surface area contributed by atoms with E-state index in [4.69, 9.17) is 0 Å². The Labute approximate surface area is 129 Å². The first-order chi connectivity index (χ1) is 10.0. The van der Waals surface area contributed by atoms with E-state index in [0.29, 0.717) is 0 Å². The molecule has 116 valence electrons. The van der Waals surface area contributed by atoms with Crippen LogP contribution >= 0.6 is 0 Å². The Morgan fingerprint density at radius 2 is 2.00 bits per heavy atom. The van der Waals surface area contributed by atoms with Crippen molar-refractivity contribution in [2.75, 3.05) is 13.1 Å². The smallest absolute Gasteiger partial charge is 0.0278 e. The molecule has 1 aliphatic carbocycles. The van der Waals surface area contributed by atoms with Crippen molar-refractivity contribution in [3.63, 3.8) is 0 Å². The van der Waals surface area contributed by atoms with Crippen LogP contribution in [0.1, 0.15) is 49.8 Å². The zero-order chi connectivity index (χ0) is 15.0. The Morgan fingerprint density at radius 3 is 2.62 bits per heavy atom. The first kappa shape index (κ1) is 15.1. The maximum atomic E-state index is 3.81.